The van der Waals surface area contributed by atoms with Crippen molar-refractivity contribution in [1.29, 1.82) is 0 Å². The van der Waals surface area contributed by atoms with Crippen LogP contribution in [0.5, 0.6) is 5.75 Å². The lowest BCUT2D eigenvalue weighted by molar-refractivity contribution is -0.140. The Balaban J connectivity index is 1.43. The van der Waals surface area contributed by atoms with Crippen LogP contribution in [0.1, 0.15) is 59.8 Å². The Morgan fingerprint density at radius 2 is 1.59 bits per heavy atom. The molecule has 0 radical (unpaired) electrons. The lowest BCUT2D eigenvalue weighted by Gasteiger charge is -2.39. The molecule has 3 aromatic carbocycles. The Kier molecular flexibility index (Phi) is 11.7. The topological polar surface area (TPSA) is 84.1 Å². The molecule has 0 spiro atoms. The van der Waals surface area contributed by atoms with Gasteiger partial charge in [-0.2, -0.15) is 0 Å². The second-order valence-electron chi connectivity index (χ2n) is 14.5. The van der Waals surface area contributed by atoms with Gasteiger partial charge < -0.3 is 23.8 Å². The van der Waals surface area contributed by atoms with Crippen LogP contribution in [0, 0.1) is 6.92 Å². The van der Waals surface area contributed by atoms with Gasteiger partial charge in [-0.1, -0.05) is 62.7 Å². The second kappa shape index (κ2) is 15.6. The zero-order valence-electron chi connectivity index (χ0n) is 29.8. The van der Waals surface area contributed by atoms with Crippen LogP contribution in [0.3, 0.4) is 0 Å². The van der Waals surface area contributed by atoms with E-state index in [1.54, 1.807) is 31.4 Å². The first-order valence-electron chi connectivity index (χ1n) is 17.1. The predicted octanol–water partition coefficient (Wildman–Crippen LogP) is 8.03. The minimum Gasteiger partial charge on any atom is -0.497 e. The summed E-state index contributed by atoms with van der Waals surface area (Å²) in [5, 5.41) is 1.55. The van der Waals surface area contributed by atoms with E-state index >= 15 is 0 Å². The molecule has 262 valence electrons. The molecule has 0 bridgehead atoms. The van der Waals surface area contributed by atoms with Crippen molar-refractivity contribution >= 4 is 42.8 Å². The van der Waals surface area contributed by atoms with Gasteiger partial charge in [-0.3, -0.25) is 9.69 Å². The number of ether oxygens (including phenoxy) is 2. The molecule has 8 nitrogen and oxygen atoms in total. The summed E-state index contributed by atoms with van der Waals surface area (Å²) in [4.78, 5) is 36.2. The number of aryl methyl sites for hydroxylation is 1. The van der Waals surface area contributed by atoms with E-state index < -0.39 is 26.2 Å². The summed E-state index contributed by atoms with van der Waals surface area (Å²) >= 11 is 6.06. The van der Waals surface area contributed by atoms with Gasteiger partial charge in [0, 0.05) is 73.4 Å². The molecule has 1 saturated heterocycles. The van der Waals surface area contributed by atoms with Crippen LogP contribution in [0.4, 0.5) is 0 Å². The Morgan fingerprint density at radius 3 is 2.22 bits per heavy atom. The van der Waals surface area contributed by atoms with Crippen molar-refractivity contribution in [2.75, 3.05) is 53.0 Å². The fourth-order valence-electron chi connectivity index (χ4n) is 6.36. The number of H-pyrrole nitrogens is 1. The van der Waals surface area contributed by atoms with Gasteiger partial charge in [0.25, 0.3) is 0 Å². The maximum Gasteiger partial charge on any atom is 0.345 e. The summed E-state index contributed by atoms with van der Waals surface area (Å²) in [6, 6.07) is 22.3. The molecule has 0 aliphatic carbocycles. The van der Waals surface area contributed by atoms with Crippen LogP contribution in [-0.2, 0) is 14.0 Å². The van der Waals surface area contributed by atoms with Gasteiger partial charge in [0.2, 0.25) is 0 Å². The van der Waals surface area contributed by atoms with E-state index in [4.69, 9.17) is 25.5 Å². The third-order valence-electron chi connectivity index (χ3n) is 10.3. The fraction of sp³-hybridized carbons (Fsp3) is 0.436. The highest BCUT2D eigenvalue weighted by molar-refractivity contribution is 6.74. The molecule has 2 unspecified atom stereocenters. The molecule has 2 atom stereocenters. The number of carbonyl (C=O) groups excluding carboxylic acids is 2. The van der Waals surface area contributed by atoms with Crippen LogP contribution in [-0.4, -0.2) is 88.0 Å². The molecule has 1 N–H and O–H groups in total. The molecule has 5 rings (SSSR count). The van der Waals surface area contributed by atoms with E-state index in [1.165, 1.54) is 0 Å². The maximum absolute atomic E-state index is 14.5. The zero-order valence-corrected chi connectivity index (χ0v) is 31.6. The monoisotopic (exact) mass is 703 g/mol. The third-order valence-corrected chi connectivity index (χ3v) is 15.1. The highest BCUT2D eigenvalue weighted by Gasteiger charge is 2.39. The molecule has 0 amide bonds. The first-order chi connectivity index (χ1) is 23.3. The van der Waals surface area contributed by atoms with E-state index in [0.717, 1.165) is 67.1 Å². The first kappa shape index (κ1) is 36.8. The van der Waals surface area contributed by atoms with Crippen LogP contribution in [0.25, 0.3) is 10.9 Å². The molecular weight excluding hydrogens is 654 g/mol. The standard InChI is InChI=1S/C39H50ClN3O5Si/c1-27-35(32-25-31(46-5)17-18-34(32)41-27)36(38(45)48-37(44)29-13-15-30(40)16-14-29)33(28-11-9-8-10-12-28)26-43-21-19-42(20-22-43)23-24-47-49(6,7)39(2,3)4/h8-18,25,33,36,41H,19-24,26H2,1-7H3. The molecule has 1 fully saturated rings. The fourth-order valence-corrected chi connectivity index (χ4v) is 7.52. The molecule has 4 aromatic rings. The second-order valence-corrected chi connectivity index (χ2v) is 19.8. The van der Waals surface area contributed by atoms with E-state index in [9.17, 15) is 9.59 Å². The minimum absolute atomic E-state index is 0.184. The number of fused-ring (bicyclic) bond motifs is 1. The van der Waals surface area contributed by atoms with Gasteiger partial charge in [-0.15, -0.1) is 0 Å². The number of aromatic nitrogens is 1. The summed E-state index contributed by atoms with van der Waals surface area (Å²) in [6.07, 6.45) is 0. The molecule has 2 heterocycles. The zero-order chi connectivity index (χ0) is 35.3. The number of esters is 2. The summed E-state index contributed by atoms with van der Waals surface area (Å²) < 4.78 is 17.8. The number of nitrogens with zero attached hydrogens (tertiary/aromatic N) is 2. The Labute approximate surface area is 296 Å². The minimum atomic E-state index is -1.80. The highest BCUT2D eigenvalue weighted by Crippen LogP contribution is 2.42. The molecule has 1 aliphatic heterocycles. The SMILES string of the molecule is COc1ccc2[nH]c(C)c(C(C(=O)OC(=O)c3ccc(Cl)cc3)C(CN3CCN(CCO[Si](C)(C)C(C)(C)C)CC3)c3ccccc3)c2c1. The summed E-state index contributed by atoms with van der Waals surface area (Å²) in [5.74, 6) is -1.70. The number of rotatable bonds is 12. The van der Waals surface area contributed by atoms with Crippen molar-refractivity contribution < 1.29 is 23.5 Å². The maximum atomic E-state index is 14.5. The van der Waals surface area contributed by atoms with E-state index in [2.05, 4.69) is 60.8 Å². The quantitative estimate of drug-likeness (QED) is 0.0909. The van der Waals surface area contributed by atoms with Gasteiger partial charge in [0.1, 0.15) is 5.75 Å². The van der Waals surface area contributed by atoms with E-state index in [1.807, 2.05) is 43.3 Å². The number of halogens is 1. The number of piperazine rings is 1. The highest BCUT2D eigenvalue weighted by atomic mass is 35.5. The molecule has 1 aliphatic rings. The number of methoxy groups -OCH3 is 1. The van der Waals surface area contributed by atoms with E-state index in [0.29, 0.717) is 17.3 Å². The Morgan fingerprint density at radius 1 is 0.939 bits per heavy atom. The summed E-state index contributed by atoms with van der Waals surface area (Å²) in [6.45, 7) is 19.2. The van der Waals surface area contributed by atoms with Crippen molar-refractivity contribution in [3.63, 3.8) is 0 Å². The van der Waals surface area contributed by atoms with Gasteiger partial charge >= 0.3 is 11.9 Å². The largest absolute Gasteiger partial charge is 0.497 e. The number of nitrogens with one attached hydrogen (secondary N) is 1. The van der Waals surface area contributed by atoms with Gasteiger partial charge in [-0.05, 0) is 78.6 Å². The number of benzene rings is 3. The van der Waals surface area contributed by atoms with E-state index in [-0.39, 0.29) is 16.5 Å². The average Bonchev–Trinajstić information content (AvgIpc) is 3.39. The van der Waals surface area contributed by atoms with Crippen LogP contribution in [0.2, 0.25) is 23.2 Å². The molecular formula is C39H50ClN3O5Si. The lowest BCUT2D eigenvalue weighted by atomic mass is 9.79. The van der Waals surface area contributed by atoms with Gasteiger partial charge in [0.05, 0.1) is 18.6 Å². The van der Waals surface area contributed by atoms with Crippen molar-refractivity contribution in [3.05, 3.63) is 100 Å². The number of hydrogen-bond donors (Lipinski definition) is 1. The third kappa shape index (κ3) is 8.82. The molecule has 1 aromatic heterocycles. The molecule has 49 heavy (non-hydrogen) atoms. The Hall–Kier alpha value is -3.47. The van der Waals surface area contributed by atoms with Crippen molar-refractivity contribution in [2.24, 2.45) is 0 Å². The van der Waals surface area contributed by atoms with Gasteiger partial charge in [0.15, 0.2) is 8.32 Å². The number of hydrogen-bond acceptors (Lipinski definition) is 7. The number of aromatic amines is 1. The Bertz CT molecular complexity index is 1730. The lowest BCUT2D eigenvalue weighted by Crippen LogP contribution is -2.50. The summed E-state index contributed by atoms with van der Waals surface area (Å²) in [5.41, 5.74) is 3.80. The van der Waals surface area contributed by atoms with Gasteiger partial charge in [-0.25, -0.2) is 4.79 Å². The molecule has 10 heteroatoms. The van der Waals surface area contributed by atoms with Crippen molar-refractivity contribution in [3.8, 4) is 5.75 Å². The predicted molar refractivity (Wildman–Crippen MR) is 199 cm³/mol. The normalized spacial score (nSPS) is 16.0. The average molecular weight is 704 g/mol. The van der Waals surface area contributed by atoms with Crippen LogP contribution in [0.15, 0.2) is 72.8 Å². The first-order valence-corrected chi connectivity index (χ1v) is 20.4. The smallest absolute Gasteiger partial charge is 0.345 e. The van der Waals surface area contributed by atoms with Crippen molar-refractivity contribution in [2.45, 2.75) is 57.7 Å². The summed E-state index contributed by atoms with van der Waals surface area (Å²) in [7, 11) is -0.172. The molecule has 0 saturated carbocycles. The number of carbonyl (C=O) groups is 2. The van der Waals surface area contributed by atoms with Crippen molar-refractivity contribution in [1.82, 2.24) is 14.8 Å². The van der Waals surface area contributed by atoms with Crippen LogP contribution >= 0.6 is 11.6 Å². The van der Waals surface area contributed by atoms with Crippen LogP contribution < -0.4 is 4.74 Å².